The molecule has 2 nitrogen and oxygen atoms in total. The summed E-state index contributed by atoms with van der Waals surface area (Å²) in [5, 5.41) is 1.16. The van der Waals surface area contributed by atoms with Crippen LogP contribution in [-0.4, -0.2) is 9.55 Å². The minimum Gasteiger partial charge on any atom is -0.287 e. The Bertz CT molecular complexity index is 1380. The second kappa shape index (κ2) is 7.73. The molecule has 0 fully saturated rings. The summed E-state index contributed by atoms with van der Waals surface area (Å²) in [7, 11) is 0. The summed E-state index contributed by atoms with van der Waals surface area (Å²) in [6.45, 7) is 2.01. The van der Waals surface area contributed by atoms with Gasteiger partial charge in [-0.25, -0.2) is 4.98 Å². The van der Waals surface area contributed by atoms with E-state index in [1.54, 1.807) is 0 Å². The summed E-state index contributed by atoms with van der Waals surface area (Å²) >= 11 is 0. The zero-order valence-corrected chi connectivity index (χ0v) is 16.7. The number of aryl methyl sites for hydroxylation is 1. The normalized spacial score (nSPS) is 10.6. The van der Waals surface area contributed by atoms with E-state index in [0.29, 0.717) is 0 Å². The lowest BCUT2D eigenvalue weighted by molar-refractivity contribution is 1.00. The third-order valence-corrected chi connectivity index (χ3v) is 5.14. The Labute approximate surface area is 176 Å². The molecule has 0 spiro atoms. The lowest BCUT2D eigenvalue weighted by Crippen LogP contribution is -2.00. The Hall–Kier alpha value is -4.09. The Balaban J connectivity index is 1.55. The van der Waals surface area contributed by atoms with Crippen LogP contribution in [-0.2, 0) is 0 Å². The van der Waals surface area contributed by atoms with Gasteiger partial charge in [0.1, 0.15) is 5.82 Å². The molecule has 0 saturated heterocycles. The van der Waals surface area contributed by atoms with E-state index < -0.39 is 0 Å². The molecule has 0 radical (unpaired) electrons. The topological polar surface area (TPSA) is 17.8 Å². The summed E-state index contributed by atoms with van der Waals surface area (Å²) in [6.07, 6.45) is 0. The number of hydrogen-bond acceptors (Lipinski definition) is 1. The first kappa shape index (κ1) is 18.0. The first-order valence-corrected chi connectivity index (χ1v) is 10.00. The first-order valence-electron chi connectivity index (χ1n) is 10.00. The van der Waals surface area contributed by atoms with Crippen LogP contribution < -0.4 is 0 Å². The van der Waals surface area contributed by atoms with Crippen molar-refractivity contribution in [2.75, 3.05) is 0 Å². The maximum absolute atomic E-state index is 4.72. The average molecular weight is 384 g/mol. The van der Waals surface area contributed by atoms with Crippen molar-refractivity contribution in [2.45, 2.75) is 6.92 Å². The summed E-state index contributed by atoms with van der Waals surface area (Å²) < 4.78 is 2.13. The van der Waals surface area contributed by atoms with Crippen molar-refractivity contribution in [1.29, 1.82) is 0 Å². The van der Waals surface area contributed by atoms with Gasteiger partial charge in [0.05, 0.1) is 11.2 Å². The molecule has 0 amide bonds. The third-order valence-electron chi connectivity index (χ3n) is 5.14. The van der Waals surface area contributed by atoms with E-state index in [4.69, 9.17) is 4.98 Å². The summed E-state index contributed by atoms with van der Waals surface area (Å²) in [4.78, 5) is 4.72. The van der Waals surface area contributed by atoms with Gasteiger partial charge in [-0.3, -0.25) is 4.57 Å². The van der Waals surface area contributed by atoms with Crippen molar-refractivity contribution in [3.05, 3.63) is 120 Å². The third kappa shape index (κ3) is 3.50. The number of fused-ring (bicyclic) bond motifs is 1. The van der Waals surface area contributed by atoms with E-state index in [0.717, 1.165) is 33.7 Å². The molecule has 0 bridgehead atoms. The van der Waals surface area contributed by atoms with Crippen molar-refractivity contribution < 1.29 is 0 Å². The molecule has 2 heteroatoms. The largest absolute Gasteiger partial charge is 0.287 e. The van der Waals surface area contributed by atoms with E-state index in [9.17, 15) is 0 Å². The zero-order valence-electron chi connectivity index (χ0n) is 16.7. The lowest BCUT2D eigenvalue weighted by Gasteiger charge is -2.07. The average Bonchev–Trinajstić information content (AvgIpc) is 3.17. The monoisotopic (exact) mass is 384 g/mol. The van der Waals surface area contributed by atoms with Gasteiger partial charge in [-0.15, -0.1) is 0 Å². The van der Waals surface area contributed by atoms with E-state index >= 15 is 0 Å². The molecule has 5 aromatic rings. The van der Waals surface area contributed by atoms with Crippen molar-refractivity contribution in [3.63, 3.8) is 0 Å². The standard InChI is InChI=1S/C28H20N2/c1-21-8-7-13-28(29-21)30-26(20-25-11-5-6-12-27(25)30)19-16-22-14-17-24(18-15-22)23-9-3-2-4-10-23/h2-15,17-18,20H,1H3. The maximum Gasteiger partial charge on any atom is 0.138 e. The van der Waals surface area contributed by atoms with Crippen LogP contribution in [0.15, 0.2) is 103 Å². The Morgan fingerprint density at radius 1 is 0.667 bits per heavy atom. The lowest BCUT2D eigenvalue weighted by atomic mass is 10.0. The van der Waals surface area contributed by atoms with Gasteiger partial charge in [-0.05, 0) is 60.4 Å². The quantitative estimate of drug-likeness (QED) is 0.322. The van der Waals surface area contributed by atoms with Crippen LogP contribution in [0.2, 0.25) is 0 Å². The SMILES string of the molecule is Cc1cccc(-n2c(C#Cc3ccc(-c4ccccc4)cc3)cc3ccccc32)n1. The first-order chi connectivity index (χ1) is 14.8. The predicted octanol–water partition coefficient (Wildman–Crippen LogP) is 6.40. The molecule has 0 aliphatic carbocycles. The van der Waals surface area contributed by atoms with Crippen LogP contribution in [0, 0.1) is 18.8 Å². The van der Waals surface area contributed by atoms with Gasteiger partial charge in [0.15, 0.2) is 0 Å². The fourth-order valence-electron chi connectivity index (χ4n) is 3.66. The number of nitrogens with zero attached hydrogens (tertiary/aromatic N) is 2. The van der Waals surface area contributed by atoms with Gasteiger partial charge < -0.3 is 0 Å². The molecular weight excluding hydrogens is 364 g/mol. The summed E-state index contributed by atoms with van der Waals surface area (Å²) in [5.74, 6) is 7.58. The van der Waals surface area contributed by atoms with E-state index in [1.807, 2.05) is 37.3 Å². The van der Waals surface area contributed by atoms with Gasteiger partial charge in [0, 0.05) is 16.6 Å². The second-order valence-corrected chi connectivity index (χ2v) is 7.25. The molecule has 0 aliphatic rings. The summed E-state index contributed by atoms with van der Waals surface area (Å²) in [6, 6.07) is 35.3. The Morgan fingerprint density at radius 2 is 1.40 bits per heavy atom. The number of aromatic nitrogens is 2. The van der Waals surface area contributed by atoms with Gasteiger partial charge >= 0.3 is 0 Å². The van der Waals surface area contributed by atoms with Crippen LogP contribution in [0.5, 0.6) is 0 Å². The van der Waals surface area contributed by atoms with E-state index in [2.05, 4.69) is 89.2 Å². The molecular formula is C28H20N2. The van der Waals surface area contributed by atoms with Crippen molar-refractivity contribution in [3.8, 4) is 28.8 Å². The Morgan fingerprint density at radius 3 is 2.20 bits per heavy atom. The molecule has 2 aromatic heterocycles. The van der Waals surface area contributed by atoms with Crippen molar-refractivity contribution in [1.82, 2.24) is 9.55 Å². The van der Waals surface area contributed by atoms with Gasteiger partial charge in [-0.2, -0.15) is 0 Å². The highest BCUT2D eigenvalue weighted by Gasteiger charge is 2.10. The molecule has 0 saturated carbocycles. The van der Waals surface area contributed by atoms with Crippen LogP contribution in [0.1, 0.15) is 17.0 Å². The predicted molar refractivity (Wildman–Crippen MR) is 124 cm³/mol. The number of benzene rings is 3. The minimum atomic E-state index is 0.889. The molecule has 5 rings (SSSR count). The van der Waals surface area contributed by atoms with Crippen LogP contribution >= 0.6 is 0 Å². The molecule has 30 heavy (non-hydrogen) atoms. The highest BCUT2D eigenvalue weighted by molar-refractivity contribution is 5.84. The van der Waals surface area contributed by atoms with Crippen molar-refractivity contribution >= 4 is 10.9 Å². The van der Waals surface area contributed by atoms with Crippen molar-refractivity contribution in [2.24, 2.45) is 0 Å². The number of hydrogen-bond donors (Lipinski definition) is 0. The number of rotatable bonds is 2. The molecule has 142 valence electrons. The maximum atomic E-state index is 4.72. The van der Waals surface area contributed by atoms with E-state index in [1.165, 1.54) is 11.1 Å². The fraction of sp³-hybridized carbons (Fsp3) is 0.0357. The van der Waals surface area contributed by atoms with Gasteiger partial charge in [0.25, 0.3) is 0 Å². The fourth-order valence-corrected chi connectivity index (χ4v) is 3.66. The molecule has 0 unspecified atom stereocenters. The van der Waals surface area contributed by atoms with Gasteiger partial charge in [-0.1, -0.05) is 72.7 Å². The summed E-state index contributed by atoms with van der Waals surface area (Å²) in [5.41, 5.74) is 6.42. The van der Waals surface area contributed by atoms with Crippen LogP contribution in [0.3, 0.4) is 0 Å². The van der Waals surface area contributed by atoms with Crippen LogP contribution in [0.25, 0.3) is 27.8 Å². The van der Waals surface area contributed by atoms with E-state index in [-0.39, 0.29) is 0 Å². The highest BCUT2D eigenvalue weighted by Crippen LogP contribution is 2.23. The second-order valence-electron chi connectivity index (χ2n) is 7.25. The minimum absolute atomic E-state index is 0.889. The van der Waals surface area contributed by atoms with Crippen LogP contribution in [0.4, 0.5) is 0 Å². The molecule has 2 heterocycles. The molecule has 0 aliphatic heterocycles. The molecule has 0 atom stereocenters. The number of pyridine rings is 1. The number of para-hydroxylation sites is 1. The smallest absolute Gasteiger partial charge is 0.138 e. The molecule has 3 aromatic carbocycles. The highest BCUT2D eigenvalue weighted by atomic mass is 15.1. The Kier molecular flexibility index (Phi) is 4.63. The molecule has 0 N–H and O–H groups in total. The van der Waals surface area contributed by atoms with Gasteiger partial charge in [0.2, 0.25) is 0 Å². The zero-order chi connectivity index (χ0) is 20.3.